The third-order valence-corrected chi connectivity index (χ3v) is 3.93. The Morgan fingerprint density at radius 3 is 2.35 bits per heavy atom. The highest BCUT2D eigenvalue weighted by Crippen LogP contribution is 2.30. The standard InChI is InChI=1S/C18H20N2O3/c1-4-19(5-2)18(21)16-9-7-6-8-15(16)17-12-14(20(22)23)11-10-13(17)3/h6-12H,4-5H2,1-3H3. The summed E-state index contributed by atoms with van der Waals surface area (Å²) in [5, 5.41) is 11.0. The van der Waals surface area contributed by atoms with E-state index in [1.165, 1.54) is 12.1 Å². The molecule has 2 aromatic rings. The molecular weight excluding hydrogens is 292 g/mol. The summed E-state index contributed by atoms with van der Waals surface area (Å²) in [4.78, 5) is 25.1. The zero-order valence-electron chi connectivity index (χ0n) is 13.6. The molecule has 2 aromatic carbocycles. The van der Waals surface area contributed by atoms with E-state index in [1.54, 1.807) is 17.0 Å². The van der Waals surface area contributed by atoms with Crippen molar-refractivity contribution in [3.8, 4) is 11.1 Å². The van der Waals surface area contributed by atoms with E-state index in [0.717, 1.165) is 16.7 Å². The monoisotopic (exact) mass is 312 g/mol. The first kappa shape index (κ1) is 16.7. The molecule has 0 saturated carbocycles. The number of carbonyl (C=O) groups is 1. The average Bonchev–Trinajstić information content (AvgIpc) is 2.56. The quantitative estimate of drug-likeness (QED) is 0.618. The summed E-state index contributed by atoms with van der Waals surface area (Å²) in [7, 11) is 0. The predicted octanol–water partition coefficient (Wildman–Crippen LogP) is 4.05. The summed E-state index contributed by atoms with van der Waals surface area (Å²) in [5.41, 5.74) is 2.94. The Hall–Kier alpha value is -2.69. The van der Waals surface area contributed by atoms with Crippen LogP contribution in [-0.2, 0) is 0 Å². The van der Waals surface area contributed by atoms with Crippen molar-refractivity contribution in [2.45, 2.75) is 20.8 Å². The van der Waals surface area contributed by atoms with Gasteiger partial charge in [-0.25, -0.2) is 0 Å². The van der Waals surface area contributed by atoms with Crippen LogP contribution in [0.4, 0.5) is 5.69 Å². The van der Waals surface area contributed by atoms with Gasteiger partial charge in [0.05, 0.1) is 4.92 Å². The van der Waals surface area contributed by atoms with Crippen molar-refractivity contribution in [1.29, 1.82) is 0 Å². The van der Waals surface area contributed by atoms with Crippen LogP contribution >= 0.6 is 0 Å². The molecule has 0 heterocycles. The Morgan fingerprint density at radius 1 is 1.09 bits per heavy atom. The molecule has 0 atom stereocenters. The van der Waals surface area contributed by atoms with Crippen LogP contribution in [0, 0.1) is 17.0 Å². The van der Waals surface area contributed by atoms with Gasteiger partial charge in [0.25, 0.3) is 11.6 Å². The molecule has 5 heteroatoms. The van der Waals surface area contributed by atoms with Crippen LogP contribution in [0.1, 0.15) is 29.8 Å². The van der Waals surface area contributed by atoms with Gasteiger partial charge in [0.15, 0.2) is 0 Å². The fourth-order valence-electron chi connectivity index (χ4n) is 2.60. The number of hydrogen-bond acceptors (Lipinski definition) is 3. The molecule has 0 spiro atoms. The molecule has 23 heavy (non-hydrogen) atoms. The number of carbonyl (C=O) groups excluding carboxylic acids is 1. The number of aryl methyl sites for hydroxylation is 1. The Labute approximate surface area is 135 Å². The van der Waals surface area contributed by atoms with E-state index in [1.807, 2.05) is 39.0 Å². The van der Waals surface area contributed by atoms with Gasteiger partial charge in [-0.3, -0.25) is 14.9 Å². The second-order valence-corrected chi connectivity index (χ2v) is 5.28. The fourth-order valence-corrected chi connectivity index (χ4v) is 2.60. The van der Waals surface area contributed by atoms with E-state index in [0.29, 0.717) is 18.7 Å². The van der Waals surface area contributed by atoms with Crippen molar-refractivity contribution in [1.82, 2.24) is 4.90 Å². The van der Waals surface area contributed by atoms with E-state index < -0.39 is 4.92 Å². The lowest BCUT2D eigenvalue weighted by molar-refractivity contribution is -0.384. The molecule has 0 aliphatic carbocycles. The molecule has 0 aromatic heterocycles. The molecule has 0 radical (unpaired) electrons. The molecule has 1 amide bonds. The smallest absolute Gasteiger partial charge is 0.270 e. The maximum absolute atomic E-state index is 12.7. The summed E-state index contributed by atoms with van der Waals surface area (Å²) in [6.07, 6.45) is 0. The van der Waals surface area contributed by atoms with Crippen molar-refractivity contribution in [2.24, 2.45) is 0 Å². The first-order valence-electron chi connectivity index (χ1n) is 7.63. The fraction of sp³-hybridized carbons (Fsp3) is 0.278. The molecule has 0 N–H and O–H groups in total. The van der Waals surface area contributed by atoms with Crippen molar-refractivity contribution >= 4 is 11.6 Å². The second kappa shape index (κ2) is 7.05. The average molecular weight is 312 g/mol. The Kier molecular flexibility index (Phi) is 5.11. The van der Waals surface area contributed by atoms with Gasteiger partial charge in [-0.15, -0.1) is 0 Å². The van der Waals surface area contributed by atoms with Gasteiger partial charge in [-0.2, -0.15) is 0 Å². The number of nitrogens with zero attached hydrogens (tertiary/aromatic N) is 2. The van der Waals surface area contributed by atoms with E-state index in [2.05, 4.69) is 0 Å². The van der Waals surface area contributed by atoms with Gasteiger partial charge in [0.1, 0.15) is 0 Å². The third-order valence-electron chi connectivity index (χ3n) is 3.93. The molecule has 0 bridgehead atoms. The highest BCUT2D eigenvalue weighted by atomic mass is 16.6. The maximum atomic E-state index is 12.7. The maximum Gasteiger partial charge on any atom is 0.270 e. The number of non-ortho nitro benzene ring substituents is 1. The highest BCUT2D eigenvalue weighted by Gasteiger charge is 2.19. The molecule has 2 rings (SSSR count). The van der Waals surface area contributed by atoms with E-state index in [-0.39, 0.29) is 11.6 Å². The molecule has 0 aliphatic rings. The van der Waals surface area contributed by atoms with Crippen molar-refractivity contribution in [2.75, 3.05) is 13.1 Å². The number of rotatable bonds is 5. The van der Waals surface area contributed by atoms with Crippen molar-refractivity contribution in [3.63, 3.8) is 0 Å². The van der Waals surface area contributed by atoms with Crippen LogP contribution < -0.4 is 0 Å². The Morgan fingerprint density at radius 2 is 1.74 bits per heavy atom. The number of nitro groups is 1. The molecule has 0 unspecified atom stereocenters. The third kappa shape index (κ3) is 3.39. The SMILES string of the molecule is CCN(CC)C(=O)c1ccccc1-c1cc([N+](=O)[O-])ccc1C. The predicted molar refractivity (Wildman–Crippen MR) is 90.5 cm³/mol. The number of nitro benzene ring substituents is 1. The first-order chi connectivity index (χ1) is 11.0. The lowest BCUT2D eigenvalue weighted by atomic mass is 9.95. The summed E-state index contributed by atoms with van der Waals surface area (Å²) in [5.74, 6) is -0.0588. The van der Waals surface area contributed by atoms with E-state index in [9.17, 15) is 14.9 Å². The summed E-state index contributed by atoms with van der Waals surface area (Å²) >= 11 is 0. The minimum absolute atomic E-state index is 0.0238. The van der Waals surface area contributed by atoms with Gasteiger partial charge >= 0.3 is 0 Å². The highest BCUT2D eigenvalue weighted by molar-refractivity contribution is 6.01. The van der Waals surface area contributed by atoms with Crippen LogP contribution in [0.2, 0.25) is 0 Å². The van der Waals surface area contributed by atoms with Crippen LogP contribution in [0.15, 0.2) is 42.5 Å². The summed E-state index contributed by atoms with van der Waals surface area (Å²) in [6, 6.07) is 12.0. The molecule has 120 valence electrons. The van der Waals surface area contributed by atoms with Crippen LogP contribution in [0.5, 0.6) is 0 Å². The second-order valence-electron chi connectivity index (χ2n) is 5.28. The topological polar surface area (TPSA) is 63.5 Å². The number of hydrogen-bond donors (Lipinski definition) is 0. The molecule has 5 nitrogen and oxygen atoms in total. The molecule has 0 fully saturated rings. The Balaban J connectivity index is 2.59. The molecular formula is C18H20N2O3. The largest absolute Gasteiger partial charge is 0.339 e. The minimum Gasteiger partial charge on any atom is -0.339 e. The van der Waals surface area contributed by atoms with Gasteiger partial charge in [-0.1, -0.05) is 24.3 Å². The van der Waals surface area contributed by atoms with Crippen molar-refractivity contribution < 1.29 is 9.72 Å². The lowest BCUT2D eigenvalue weighted by Gasteiger charge is -2.21. The van der Waals surface area contributed by atoms with Crippen LogP contribution in [-0.4, -0.2) is 28.8 Å². The zero-order valence-corrected chi connectivity index (χ0v) is 13.6. The van der Waals surface area contributed by atoms with Gasteiger partial charge in [-0.05, 0) is 43.5 Å². The van der Waals surface area contributed by atoms with E-state index in [4.69, 9.17) is 0 Å². The van der Waals surface area contributed by atoms with Gasteiger partial charge in [0.2, 0.25) is 0 Å². The van der Waals surface area contributed by atoms with E-state index >= 15 is 0 Å². The van der Waals surface area contributed by atoms with Gasteiger partial charge < -0.3 is 4.90 Å². The van der Waals surface area contributed by atoms with Crippen LogP contribution in [0.25, 0.3) is 11.1 Å². The summed E-state index contributed by atoms with van der Waals surface area (Å²) < 4.78 is 0. The molecule has 0 aliphatic heterocycles. The zero-order chi connectivity index (χ0) is 17.0. The van der Waals surface area contributed by atoms with Gasteiger partial charge in [0, 0.05) is 30.8 Å². The lowest BCUT2D eigenvalue weighted by Crippen LogP contribution is -2.30. The Bertz CT molecular complexity index is 737. The van der Waals surface area contributed by atoms with Crippen LogP contribution in [0.3, 0.4) is 0 Å². The number of benzene rings is 2. The van der Waals surface area contributed by atoms with Crippen molar-refractivity contribution in [3.05, 3.63) is 63.7 Å². The normalized spacial score (nSPS) is 10.4. The minimum atomic E-state index is -0.419. The number of amides is 1. The summed E-state index contributed by atoms with van der Waals surface area (Å²) in [6.45, 7) is 7.00. The molecule has 0 saturated heterocycles. The first-order valence-corrected chi connectivity index (χ1v) is 7.63.